The molecule has 1 aliphatic rings. The Balaban J connectivity index is 2.13. The van der Waals surface area contributed by atoms with Gasteiger partial charge in [-0.2, -0.15) is 13.2 Å². The van der Waals surface area contributed by atoms with E-state index < -0.39 is 23.4 Å². The molecule has 1 fully saturated rings. The van der Waals surface area contributed by atoms with Crippen LogP contribution in [0, 0.1) is 5.92 Å². The molecule has 0 spiro atoms. The van der Waals surface area contributed by atoms with Crippen LogP contribution < -0.4 is 10.5 Å². The van der Waals surface area contributed by atoms with Gasteiger partial charge < -0.3 is 15.0 Å². The normalized spacial score (nSPS) is 22.4. The maximum Gasteiger partial charge on any atom is 0.417 e. The highest BCUT2D eigenvalue weighted by Gasteiger charge is 2.38. The Morgan fingerprint density at radius 1 is 1.23 bits per heavy atom. The van der Waals surface area contributed by atoms with Gasteiger partial charge in [0.05, 0.1) is 17.7 Å². The molecule has 7 heteroatoms. The number of nitrogens with one attached hydrogen (secondary N) is 1. The first-order valence-electron chi connectivity index (χ1n) is 8.80. The number of pyridine rings is 1. The quantitative estimate of drug-likeness (QED) is 0.863. The maximum atomic E-state index is 13.4. The molecule has 0 saturated carbocycles. The lowest BCUT2D eigenvalue weighted by atomic mass is 9.97. The molecule has 26 heavy (non-hydrogen) atoms. The van der Waals surface area contributed by atoms with E-state index in [9.17, 15) is 23.1 Å². The van der Waals surface area contributed by atoms with Crippen LogP contribution >= 0.6 is 0 Å². The number of benzene rings is 1. The molecule has 142 valence electrons. The van der Waals surface area contributed by atoms with Gasteiger partial charge >= 0.3 is 6.18 Å². The molecule has 1 aromatic carbocycles. The molecule has 3 atom stereocenters. The van der Waals surface area contributed by atoms with Crippen molar-refractivity contribution < 1.29 is 18.3 Å². The van der Waals surface area contributed by atoms with Crippen molar-refractivity contribution in [2.75, 3.05) is 4.90 Å². The number of aliphatic hydroxyl groups is 1. The number of hydrogen-bond acceptors (Lipinski definition) is 3. The van der Waals surface area contributed by atoms with Crippen molar-refractivity contribution >= 4 is 16.6 Å². The van der Waals surface area contributed by atoms with Gasteiger partial charge in [0.15, 0.2) is 0 Å². The van der Waals surface area contributed by atoms with Crippen molar-refractivity contribution in [2.45, 2.75) is 58.0 Å². The number of aromatic nitrogens is 1. The molecule has 2 N–H and O–H groups in total. The molecule has 0 aliphatic carbocycles. The average Bonchev–Trinajstić information content (AvgIpc) is 2.93. The molecule has 3 unspecified atom stereocenters. The summed E-state index contributed by atoms with van der Waals surface area (Å²) in [4.78, 5) is 16.0. The Bertz CT molecular complexity index is 860. The highest BCUT2D eigenvalue weighted by molar-refractivity contribution is 5.86. The van der Waals surface area contributed by atoms with E-state index >= 15 is 0 Å². The molecular formula is C19H23F3N2O2. The fraction of sp³-hybridized carbons (Fsp3) is 0.526. The zero-order valence-electron chi connectivity index (χ0n) is 15.0. The lowest BCUT2D eigenvalue weighted by molar-refractivity contribution is -0.136. The molecule has 2 aromatic rings. The standard InChI is InChI=1S/C19H23F3N2O2/c1-10(2)18(26)16-7-4-11(3)24(16)12-5-6-15-13(8-12)14(19(20,21)22)9-17(25)23-15/h5-6,8-11,16,18,26H,4,7H2,1-3H3,(H,23,25). The first-order valence-corrected chi connectivity index (χ1v) is 8.80. The van der Waals surface area contributed by atoms with Crippen LogP contribution in [0.3, 0.4) is 0 Å². The first kappa shape index (κ1) is 18.8. The molecule has 1 aliphatic heterocycles. The van der Waals surface area contributed by atoms with E-state index in [1.807, 2.05) is 25.7 Å². The second-order valence-electron chi connectivity index (χ2n) is 7.41. The van der Waals surface area contributed by atoms with E-state index in [4.69, 9.17) is 0 Å². The van der Waals surface area contributed by atoms with Gasteiger partial charge in [0.1, 0.15) is 0 Å². The van der Waals surface area contributed by atoms with Crippen molar-refractivity contribution in [1.29, 1.82) is 0 Å². The van der Waals surface area contributed by atoms with Crippen LogP contribution in [0.15, 0.2) is 29.1 Å². The van der Waals surface area contributed by atoms with Crippen molar-refractivity contribution in [1.82, 2.24) is 4.98 Å². The third kappa shape index (κ3) is 3.32. The number of anilines is 1. The lowest BCUT2D eigenvalue weighted by Gasteiger charge is -2.35. The number of hydrogen-bond donors (Lipinski definition) is 2. The van der Waals surface area contributed by atoms with Crippen LogP contribution in [-0.2, 0) is 6.18 Å². The highest BCUT2D eigenvalue weighted by Crippen LogP contribution is 2.38. The fourth-order valence-corrected chi connectivity index (χ4v) is 3.88. The van der Waals surface area contributed by atoms with E-state index in [2.05, 4.69) is 4.98 Å². The smallest absolute Gasteiger partial charge is 0.391 e. The van der Waals surface area contributed by atoms with Gasteiger partial charge in [-0.1, -0.05) is 13.8 Å². The largest absolute Gasteiger partial charge is 0.417 e. The Kier molecular flexibility index (Phi) is 4.77. The minimum Gasteiger partial charge on any atom is -0.391 e. The van der Waals surface area contributed by atoms with Gasteiger partial charge in [0, 0.05) is 28.7 Å². The van der Waals surface area contributed by atoms with E-state index in [0.29, 0.717) is 11.8 Å². The minimum absolute atomic E-state index is 0.0357. The SMILES string of the molecule is CC(C)C(O)C1CCC(C)N1c1ccc2[nH]c(=O)cc(C(F)(F)F)c2c1. The molecule has 0 radical (unpaired) electrons. The molecule has 0 bridgehead atoms. The predicted molar refractivity (Wildman–Crippen MR) is 95.4 cm³/mol. The van der Waals surface area contributed by atoms with Crippen LogP contribution in [0.4, 0.5) is 18.9 Å². The highest BCUT2D eigenvalue weighted by atomic mass is 19.4. The molecular weight excluding hydrogens is 345 g/mol. The van der Waals surface area contributed by atoms with E-state index in [1.54, 1.807) is 6.07 Å². The summed E-state index contributed by atoms with van der Waals surface area (Å²) in [5.74, 6) is 0.0512. The summed E-state index contributed by atoms with van der Waals surface area (Å²) in [5, 5.41) is 10.5. The predicted octanol–water partition coefficient (Wildman–Crippen LogP) is 3.92. The zero-order chi connectivity index (χ0) is 19.2. The summed E-state index contributed by atoms with van der Waals surface area (Å²) in [5.41, 5.74) is -0.933. The molecule has 0 amide bonds. The van der Waals surface area contributed by atoms with Crippen molar-refractivity contribution in [3.05, 3.63) is 40.2 Å². The number of rotatable bonds is 3. The molecule has 2 heterocycles. The monoisotopic (exact) mass is 368 g/mol. The molecule has 3 rings (SSSR count). The maximum absolute atomic E-state index is 13.4. The summed E-state index contributed by atoms with van der Waals surface area (Å²) in [6.45, 7) is 5.87. The Hall–Kier alpha value is -2.02. The lowest BCUT2D eigenvalue weighted by Crippen LogP contribution is -2.44. The van der Waals surface area contributed by atoms with E-state index in [1.165, 1.54) is 12.1 Å². The Morgan fingerprint density at radius 2 is 1.92 bits per heavy atom. The second kappa shape index (κ2) is 6.61. The number of alkyl halides is 3. The summed E-state index contributed by atoms with van der Waals surface area (Å²) < 4.78 is 40.2. The van der Waals surface area contributed by atoms with Crippen LogP contribution in [0.25, 0.3) is 10.9 Å². The second-order valence-corrected chi connectivity index (χ2v) is 7.41. The molecule has 1 saturated heterocycles. The summed E-state index contributed by atoms with van der Waals surface area (Å²) in [6.07, 6.45) is -3.52. The number of aromatic amines is 1. The average molecular weight is 368 g/mol. The van der Waals surface area contributed by atoms with Crippen molar-refractivity contribution in [2.24, 2.45) is 5.92 Å². The topological polar surface area (TPSA) is 56.3 Å². The number of halogens is 3. The van der Waals surface area contributed by atoms with Gasteiger partial charge in [-0.15, -0.1) is 0 Å². The first-order chi connectivity index (χ1) is 12.1. The van der Waals surface area contributed by atoms with E-state index in [0.717, 1.165) is 12.8 Å². The number of nitrogens with zero attached hydrogens (tertiary/aromatic N) is 1. The minimum atomic E-state index is -4.61. The number of fused-ring (bicyclic) bond motifs is 1. The van der Waals surface area contributed by atoms with Crippen molar-refractivity contribution in [3.63, 3.8) is 0 Å². The van der Waals surface area contributed by atoms with Gasteiger partial charge in [-0.05, 0) is 43.9 Å². The third-order valence-corrected chi connectivity index (χ3v) is 5.22. The Labute approximate surface area is 149 Å². The molecule has 1 aromatic heterocycles. The van der Waals surface area contributed by atoms with E-state index in [-0.39, 0.29) is 28.9 Å². The molecule has 4 nitrogen and oxygen atoms in total. The van der Waals surface area contributed by atoms with Gasteiger partial charge in [0.25, 0.3) is 0 Å². The number of H-pyrrole nitrogens is 1. The summed E-state index contributed by atoms with van der Waals surface area (Å²) in [6, 6.07) is 5.25. The Morgan fingerprint density at radius 3 is 2.54 bits per heavy atom. The summed E-state index contributed by atoms with van der Waals surface area (Å²) in [7, 11) is 0. The van der Waals surface area contributed by atoms with Crippen LogP contribution in [0.5, 0.6) is 0 Å². The summed E-state index contributed by atoms with van der Waals surface area (Å²) >= 11 is 0. The number of aliphatic hydroxyl groups excluding tert-OH is 1. The van der Waals surface area contributed by atoms with Gasteiger partial charge in [0.2, 0.25) is 5.56 Å². The van der Waals surface area contributed by atoms with Gasteiger partial charge in [-0.3, -0.25) is 4.79 Å². The zero-order valence-corrected chi connectivity index (χ0v) is 15.0. The third-order valence-electron chi connectivity index (χ3n) is 5.22. The van der Waals surface area contributed by atoms with Crippen LogP contribution in [0.2, 0.25) is 0 Å². The van der Waals surface area contributed by atoms with Crippen LogP contribution in [-0.4, -0.2) is 28.3 Å². The van der Waals surface area contributed by atoms with Crippen LogP contribution in [0.1, 0.15) is 39.2 Å². The van der Waals surface area contributed by atoms with Gasteiger partial charge in [-0.25, -0.2) is 0 Å². The fourth-order valence-electron chi connectivity index (χ4n) is 3.88. The van der Waals surface area contributed by atoms with Crippen molar-refractivity contribution in [3.8, 4) is 0 Å².